The third kappa shape index (κ3) is 3.25. The topological polar surface area (TPSA) is 134 Å². The van der Waals surface area contributed by atoms with Gasteiger partial charge in [0.1, 0.15) is 24.1 Å². The van der Waals surface area contributed by atoms with E-state index in [9.17, 15) is 24.9 Å². The molecule has 1 aromatic carbocycles. The average molecular weight is 312 g/mol. The summed E-state index contributed by atoms with van der Waals surface area (Å²) in [5.41, 5.74) is 0.455. The van der Waals surface area contributed by atoms with Gasteiger partial charge in [0.2, 0.25) is 6.29 Å². The summed E-state index contributed by atoms with van der Waals surface area (Å²) < 4.78 is 10.3. The van der Waals surface area contributed by atoms with Gasteiger partial charge in [-0.15, -0.1) is 0 Å². The molecule has 1 heterocycles. The number of carboxylic acid groups (broad SMARTS) is 1. The first-order valence-electron chi connectivity index (χ1n) is 6.51. The van der Waals surface area contributed by atoms with Gasteiger partial charge in [-0.1, -0.05) is 0 Å². The maximum atomic E-state index is 11.2. The van der Waals surface area contributed by atoms with Crippen molar-refractivity contribution >= 4 is 11.8 Å². The Morgan fingerprint density at radius 1 is 1.05 bits per heavy atom. The Bertz CT molecular complexity index is 554. The molecule has 0 aromatic heterocycles. The smallest absolute Gasteiger partial charge is 0.335 e. The predicted octanol–water partition coefficient (Wildman–Crippen LogP) is -0.840. The fourth-order valence-corrected chi connectivity index (χ4v) is 2.05. The summed E-state index contributed by atoms with van der Waals surface area (Å²) >= 11 is 0. The van der Waals surface area contributed by atoms with Crippen LogP contribution in [0.15, 0.2) is 24.3 Å². The number of hydrogen-bond donors (Lipinski definition) is 4. The molecule has 1 aliphatic heterocycles. The Hall–Kier alpha value is -2.00. The van der Waals surface area contributed by atoms with E-state index < -0.39 is 36.7 Å². The minimum absolute atomic E-state index is 0.134. The van der Waals surface area contributed by atoms with E-state index in [4.69, 9.17) is 14.6 Å². The van der Waals surface area contributed by atoms with Gasteiger partial charge in [-0.3, -0.25) is 4.79 Å². The van der Waals surface area contributed by atoms with E-state index in [1.165, 1.54) is 31.2 Å². The van der Waals surface area contributed by atoms with Crippen LogP contribution in [-0.2, 0) is 9.53 Å². The number of aliphatic carboxylic acids is 1. The molecule has 22 heavy (non-hydrogen) atoms. The van der Waals surface area contributed by atoms with Crippen molar-refractivity contribution in [2.75, 3.05) is 0 Å². The highest BCUT2D eigenvalue weighted by Crippen LogP contribution is 2.24. The molecule has 2 rings (SSSR count). The number of aliphatic hydroxyl groups excluding tert-OH is 3. The third-order valence-electron chi connectivity index (χ3n) is 3.33. The second-order valence-corrected chi connectivity index (χ2v) is 4.93. The van der Waals surface area contributed by atoms with Crippen molar-refractivity contribution in [1.29, 1.82) is 0 Å². The fourth-order valence-electron chi connectivity index (χ4n) is 2.05. The monoisotopic (exact) mass is 312 g/mol. The minimum Gasteiger partial charge on any atom is -0.479 e. The molecule has 1 aromatic rings. The van der Waals surface area contributed by atoms with Crippen LogP contribution < -0.4 is 4.74 Å². The van der Waals surface area contributed by atoms with Gasteiger partial charge in [-0.05, 0) is 31.2 Å². The van der Waals surface area contributed by atoms with Crippen LogP contribution in [-0.4, -0.2) is 62.9 Å². The van der Waals surface area contributed by atoms with Crippen molar-refractivity contribution in [2.24, 2.45) is 0 Å². The predicted molar refractivity (Wildman–Crippen MR) is 71.4 cm³/mol. The number of Topliss-reactive ketones (excluding diaryl/α,β-unsaturated/α-hetero) is 1. The molecule has 1 unspecified atom stereocenters. The first kappa shape index (κ1) is 16.4. The van der Waals surface area contributed by atoms with Crippen LogP contribution in [0.4, 0.5) is 0 Å². The molecule has 0 aliphatic carbocycles. The molecule has 4 N–H and O–H groups in total. The van der Waals surface area contributed by atoms with Crippen LogP contribution in [0.2, 0.25) is 0 Å². The molecule has 8 nitrogen and oxygen atoms in total. The van der Waals surface area contributed by atoms with Gasteiger partial charge in [0.25, 0.3) is 0 Å². The highest BCUT2D eigenvalue weighted by atomic mass is 16.7. The Balaban J connectivity index is 2.13. The van der Waals surface area contributed by atoms with Gasteiger partial charge in [0, 0.05) is 5.56 Å². The lowest BCUT2D eigenvalue weighted by Crippen LogP contribution is -2.61. The molecule has 1 saturated heterocycles. The van der Waals surface area contributed by atoms with E-state index in [0.29, 0.717) is 5.56 Å². The zero-order chi connectivity index (χ0) is 16.4. The standard InChI is InChI=1S/C14H16O8/c1-6(15)7-2-4-8(5-3-7)21-14-11(18)9(16)10(17)12(22-14)13(19)20/h2-5,9-12,14,16-18H,1H3,(H,19,20)/t9-,10-,11+,12-,14?/m0/s1. The normalized spacial score (nSPS) is 31.5. The van der Waals surface area contributed by atoms with Gasteiger partial charge in [0.15, 0.2) is 11.9 Å². The molecule has 5 atom stereocenters. The van der Waals surface area contributed by atoms with Crippen molar-refractivity contribution < 1.29 is 39.5 Å². The van der Waals surface area contributed by atoms with Crippen molar-refractivity contribution in [1.82, 2.24) is 0 Å². The Labute approximate surface area is 125 Å². The summed E-state index contributed by atoms with van der Waals surface area (Å²) in [4.78, 5) is 22.1. The number of hydrogen-bond acceptors (Lipinski definition) is 7. The Morgan fingerprint density at radius 2 is 1.64 bits per heavy atom. The molecular weight excluding hydrogens is 296 g/mol. The number of rotatable bonds is 4. The lowest BCUT2D eigenvalue weighted by Gasteiger charge is -2.38. The summed E-state index contributed by atoms with van der Waals surface area (Å²) in [6.45, 7) is 1.40. The summed E-state index contributed by atoms with van der Waals surface area (Å²) in [6, 6.07) is 5.87. The largest absolute Gasteiger partial charge is 0.479 e. The van der Waals surface area contributed by atoms with Crippen LogP contribution in [0.5, 0.6) is 5.75 Å². The lowest BCUT2D eigenvalue weighted by molar-refractivity contribution is -0.271. The number of ketones is 1. The first-order chi connectivity index (χ1) is 10.3. The number of aliphatic hydroxyl groups is 3. The maximum Gasteiger partial charge on any atom is 0.335 e. The van der Waals surface area contributed by atoms with Crippen molar-refractivity contribution in [2.45, 2.75) is 37.6 Å². The summed E-state index contributed by atoms with van der Waals surface area (Å²) in [6.07, 6.45) is -8.32. The summed E-state index contributed by atoms with van der Waals surface area (Å²) in [7, 11) is 0. The third-order valence-corrected chi connectivity index (χ3v) is 3.33. The molecule has 1 fully saturated rings. The highest BCUT2D eigenvalue weighted by Gasteiger charge is 2.48. The number of carboxylic acids is 1. The van der Waals surface area contributed by atoms with E-state index in [0.717, 1.165) is 0 Å². The van der Waals surface area contributed by atoms with Crippen LogP contribution in [0.3, 0.4) is 0 Å². The molecule has 0 bridgehead atoms. The Morgan fingerprint density at radius 3 is 2.14 bits per heavy atom. The minimum atomic E-state index is -1.77. The molecule has 0 spiro atoms. The molecule has 120 valence electrons. The number of carbonyl (C=O) groups excluding carboxylic acids is 1. The van der Waals surface area contributed by atoms with Crippen molar-refractivity contribution in [3.05, 3.63) is 29.8 Å². The number of ether oxygens (including phenoxy) is 2. The van der Waals surface area contributed by atoms with Gasteiger partial charge in [0.05, 0.1) is 0 Å². The molecular formula is C14H16O8. The zero-order valence-electron chi connectivity index (χ0n) is 11.6. The average Bonchev–Trinajstić information content (AvgIpc) is 2.48. The highest BCUT2D eigenvalue weighted by molar-refractivity contribution is 5.94. The van der Waals surface area contributed by atoms with E-state index in [1.54, 1.807) is 0 Å². The van der Waals surface area contributed by atoms with Crippen LogP contribution in [0.1, 0.15) is 17.3 Å². The molecule has 0 radical (unpaired) electrons. The number of benzene rings is 1. The number of carbonyl (C=O) groups is 2. The van der Waals surface area contributed by atoms with E-state index in [2.05, 4.69) is 0 Å². The summed E-state index contributed by atoms with van der Waals surface area (Å²) in [5.74, 6) is -1.41. The van der Waals surface area contributed by atoms with E-state index in [-0.39, 0.29) is 11.5 Å². The SMILES string of the molecule is CC(=O)c1ccc(OC2O[C@H](C(=O)O)[C@@H](O)[C@H](O)[C@H]2O)cc1. The van der Waals surface area contributed by atoms with E-state index in [1.807, 2.05) is 0 Å². The molecule has 0 saturated carbocycles. The second-order valence-electron chi connectivity index (χ2n) is 4.93. The first-order valence-corrected chi connectivity index (χ1v) is 6.51. The van der Waals surface area contributed by atoms with Crippen LogP contribution in [0.25, 0.3) is 0 Å². The van der Waals surface area contributed by atoms with Gasteiger partial charge >= 0.3 is 5.97 Å². The maximum absolute atomic E-state index is 11.2. The lowest BCUT2D eigenvalue weighted by atomic mass is 9.99. The second kappa shape index (κ2) is 6.41. The summed E-state index contributed by atoms with van der Waals surface area (Å²) in [5, 5.41) is 37.9. The van der Waals surface area contributed by atoms with Crippen LogP contribution in [0, 0.1) is 0 Å². The zero-order valence-corrected chi connectivity index (χ0v) is 11.6. The fraction of sp³-hybridized carbons (Fsp3) is 0.429. The van der Waals surface area contributed by atoms with E-state index >= 15 is 0 Å². The van der Waals surface area contributed by atoms with Gasteiger partial charge in [-0.25, -0.2) is 4.79 Å². The molecule has 0 amide bonds. The van der Waals surface area contributed by atoms with Crippen LogP contribution >= 0.6 is 0 Å². The molecule has 1 aliphatic rings. The van der Waals surface area contributed by atoms with Crippen molar-refractivity contribution in [3.63, 3.8) is 0 Å². The Kier molecular flexibility index (Phi) is 4.77. The van der Waals surface area contributed by atoms with Crippen molar-refractivity contribution in [3.8, 4) is 5.75 Å². The van der Waals surface area contributed by atoms with Gasteiger partial charge in [-0.2, -0.15) is 0 Å². The van der Waals surface area contributed by atoms with Gasteiger partial charge < -0.3 is 29.9 Å². The quantitative estimate of drug-likeness (QED) is 0.529. The molecule has 8 heteroatoms.